The summed E-state index contributed by atoms with van der Waals surface area (Å²) in [6.45, 7) is 5.81. The third kappa shape index (κ3) is 1.77. The molecule has 2 rings (SSSR count). The van der Waals surface area contributed by atoms with Crippen molar-refractivity contribution in [2.75, 3.05) is 11.9 Å². The van der Waals surface area contributed by atoms with Gasteiger partial charge in [0.1, 0.15) is 0 Å². The molecule has 76 valence electrons. The number of para-hydroxylation sites is 1. The molecule has 1 aliphatic heterocycles. The summed E-state index contributed by atoms with van der Waals surface area (Å²) in [4.78, 5) is 0. The zero-order chi connectivity index (χ0) is 10.0. The molecule has 1 nitrogen and oxygen atoms in total. The Bertz CT molecular complexity index is 319. The maximum atomic E-state index is 3.51. The molecule has 1 N–H and O–H groups in total. The van der Waals surface area contributed by atoms with Crippen molar-refractivity contribution < 1.29 is 0 Å². The maximum Gasteiger partial charge on any atom is 0.0372 e. The number of hydrogen-bond acceptors (Lipinski definition) is 1. The zero-order valence-electron chi connectivity index (χ0n) is 9.14. The third-order valence-electron chi connectivity index (χ3n) is 3.53. The van der Waals surface area contributed by atoms with E-state index in [1.54, 1.807) is 0 Å². The van der Waals surface area contributed by atoms with Crippen molar-refractivity contribution >= 4 is 5.69 Å². The zero-order valence-corrected chi connectivity index (χ0v) is 9.14. The van der Waals surface area contributed by atoms with Crippen molar-refractivity contribution in [2.24, 2.45) is 5.41 Å². The fourth-order valence-electron chi connectivity index (χ4n) is 2.20. The first-order chi connectivity index (χ1) is 6.73. The van der Waals surface area contributed by atoms with E-state index in [1.165, 1.54) is 30.5 Å². The lowest BCUT2D eigenvalue weighted by atomic mass is 9.79. The molecular weight excluding hydrogens is 170 g/mol. The fraction of sp³-hybridized carbons (Fsp3) is 0.538. The summed E-state index contributed by atoms with van der Waals surface area (Å²) in [6.07, 6.45) is 3.76. The monoisotopic (exact) mass is 189 g/mol. The van der Waals surface area contributed by atoms with E-state index in [0.29, 0.717) is 5.41 Å². The summed E-state index contributed by atoms with van der Waals surface area (Å²) in [5.41, 5.74) is 3.30. The molecule has 0 bridgehead atoms. The van der Waals surface area contributed by atoms with Crippen LogP contribution in [0, 0.1) is 5.41 Å². The second-order valence-electron chi connectivity index (χ2n) is 4.67. The van der Waals surface area contributed by atoms with Gasteiger partial charge in [-0.05, 0) is 29.9 Å². The minimum absolute atomic E-state index is 0.486. The molecule has 14 heavy (non-hydrogen) atoms. The average Bonchev–Trinajstić information content (AvgIpc) is 2.37. The second-order valence-corrected chi connectivity index (χ2v) is 4.67. The highest BCUT2D eigenvalue weighted by molar-refractivity contribution is 5.52. The van der Waals surface area contributed by atoms with Gasteiger partial charge in [-0.25, -0.2) is 0 Å². The lowest BCUT2D eigenvalue weighted by Gasteiger charge is -2.26. The van der Waals surface area contributed by atoms with Gasteiger partial charge < -0.3 is 5.32 Å². The number of hydrogen-bond donors (Lipinski definition) is 1. The van der Waals surface area contributed by atoms with Gasteiger partial charge in [0, 0.05) is 12.2 Å². The Morgan fingerprint density at radius 3 is 2.93 bits per heavy atom. The van der Waals surface area contributed by atoms with E-state index in [4.69, 9.17) is 0 Å². The highest BCUT2D eigenvalue weighted by Crippen LogP contribution is 2.35. The minimum Gasteiger partial charge on any atom is -0.385 e. The van der Waals surface area contributed by atoms with Crippen molar-refractivity contribution in [1.82, 2.24) is 0 Å². The van der Waals surface area contributed by atoms with Crippen LogP contribution in [0.15, 0.2) is 24.3 Å². The van der Waals surface area contributed by atoms with E-state index in [9.17, 15) is 0 Å². The van der Waals surface area contributed by atoms with Gasteiger partial charge in [0.05, 0.1) is 0 Å². The van der Waals surface area contributed by atoms with Crippen LogP contribution < -0.4 is 5.32 Å². The van der Waals surface area contributed by atoms with Crippen LogP contribution in [-0.4, -0.2) is 6.54 Å². The summed E-state index contributed by atoms with van der Waals surface area (Å²) >= 11 is 0. The summed E-state index contributed by atoms with van der Waals surface area (Å²) in [5, 5.41) is 3.51. The van der Waals surface area contributed by atoms with Gasteiger partial charge in [-0.2, -0.15) is 0 Å². The molecule has 0 unspecified atom stereocenters. The first-order valence-electron chi connectivity index (χ1n) is 5.55. The fourth-order valence-corrected chi connectivity index (χ4v) is 2.20. The van der Waals surface area contributed by atoms with Gasteiger partial charge in [0.25, 0.3) is 0 Å². The summed E-state index contributed by atoms with van der Waals surface area (Å²) < 4.78 is 0. The van der Waals surface area contributed by atoms with Crippen molar-refractivity contribution in [3.8, 4) is 0 Å². The number of anilines is 1. The van der Waals surface area contributed by atoms with Crippen LogP contribution in [0.4, 0.5) is 5.69 Å². The van der Waals surface area contributed by atoms with Crippen LogP contribution in [0.5, 0.6) is 0 Å². The summed E-state index contributed by atoms with van der Waals surface area (Å²) in [7, 11) is 0. The molecule has 0 spiro atoms. The molecule has 0 aromatic heterocycles. The Labute approximate surface area is 86.5 Å². The summed E-state index contributed by atoms with van der Waals surface area (Å²) in [5.74, 6) is 0. The molecule has 1 aromatic rings. The van der Waals surface area contributed by atoms with Gasteiger partial charge >= 0.3 is 0 Å². The van der Waals surface area contributed by atoms with Gasteiger partial charge in [-0.15, -0.1) is 0 Å². The first-order valence-corrected chi connectivity index (χ1v) is 5.55. The third-order valence-corrected chi connectivity index (χ3v) is 3.53. The quantitative estimate of drug-likeness (QED) is 0.713. The van der Waals surface area contributed by atoms with Crippen LogP contribution in [0.2, 0.25) is 0 Å². The molecule has 1 aromatic carbocycles. The Balaban J connectivity index is 2.31. The van der Waals surface area contributed by atoms with Gasteiger partial charge in [-0.1, -0.05) is 38.5 Å². The number of fused-ring (bicyclic) bond motifs is 1. The standard InChI is InChI=1S/C13H19N/c1-3-13(2)8-9-14-12-7-5-4-6-11(12)10-13/h4-7,14H,3,8-10H2,1-2H3/t13-/m1/s1. The molecule has 1 heteroatoms. The molecule has 1 aliphatic rings. The van der Waals surface area contributed by atoms with Crippen molar-refractivity contribution in [3.05, 3.63) is 29.8 Å². The van der Waals surface area contributed by atoms with Crippen LogP contribution in [0.3, 0.4) is 0 Å². The molecule has 0 saturated carbocycles. The highest BCUT2D eigenvalue weighted by Gasteiger charge is 2.25. The largest absolute Gasteiger partial charge is 0.385 e. The van der Waals surface area contributed by atoms with E-state index < -0.39 is 0 Å². The van der Waals surface area contributed by atoms with Crippen LogP contribution >= 0.6 is 0 Å². The maximum absolute atomic E-state index is 3.51. The lowest BCUT2D eigenvalue weighted by Crippen LogP contribution is -2.19. The number of rotatable bonds is 1. The van der Waals surface area contributed by atoms with E-state index in [-0.39, 0.29) is 0 Å². The molecular formula is C13H19N. The Morgan fingerprint density at radius 1 is 1.36 bits per heavy atom. The van der Waals surface area contributed by atoms with Crippen molar-refractivity contribution in [2.45, 2.75) is 33.1 Å². The van der Waals surface area contributed by atoms with E-state index >= 15 is 0 Å². The molecule has 1 atom stereocenters. The number of benzene rings is 1. The average molecular weight is 189 g/mol. The molecule has 0 amide bonds. The molecule has 1 heterocycles. The predicted octanol–water partition coefficient (Wildman–Crippen LogP) is 3.46. The van der Waals surface area contributed by atoms with Crippen molar-refractivity contribution in [3.63, 3.8) is 0 Å². The smallest absolute Gasteiger partial charge is 0.0372 e. The van der Waals surface area contributed by atoms with Crippen molar-refractivity contribution in [1.29, 1.82) is 0 Å². The highest BCUT2D eigenvalue weighted by atomic mass is 14.9. The first kappa shape index (κ1) is 9.57. The number of nitrogens with one attached hydrogen (secondary N) is 1. The van der Waals surface area contributed by atoms with Crippen LogP contribution in [0.25, 0.3) is 0 Å². The Hall–Kier alpha value is -0.980. The molecule has 0 saturated heterocycles. The Morgan fingerprint density at radius 2 is 2.14 bits per heavy atom. The normalized spacial score (nSPS) is 26.1. The van der Waals surface area contributed by atoms with Crippen LogP contribution in [0.1, 0.15) is 32.3 Å². The molecule has 0 radical (unpaired) electrons. The van der Waals surface area contributed by atoms with Gasteiger partial charge in [0.15, 0.2) is 0 Å². The molecule has 0 fully saturated rings. The van der Waals surface area contributed by atoms with E-state index in [0.717, 1.165) is 6.54 Å². The van der Waals surface area contributed by atoms with E-state index in [1.807, 2.05) is 0 Å². The van der Waals surface area contributed by atoms with Crippen LogP contribution in [-0.2, 0) is 6.42 Å². The van der Waals surface area contributed by atoms with Gasteiger partial charge in [0.2, 0.25) is 0 Å². The summed E-state index contributed by atoms with van der Waals surface area (Å²) in [6, 6.07) is 8.70. The predicted molar refractivity (Wildman–Crippen MR) is 61.7 cm³/mol. The Kier molecular flexibility index (Phi) is 2.49. The second kappa shape index (κ2) is 3.64. The SMILES string of the molecule is CC[C@]1(C)CCNc2ccccc2C1. The topological polar surface area (TPSA) is 12.0 Å². The molecule has 0 aliphatic carbocycles. The lowest BCUT2D eigenvalue weighted by molar-refractivity contribution is 0.295. The van der Waals surface area contributed by atoms with E-state index in [2.05, 4.69) is 43.4 Å². The minimum atomic E-state index is 0.486. The van der Waals surface area contributed by atoms with Gasteiger partial charge in [-0.3, -0.25) is 0 Å².